The van der Waals surface area contributed by atoms with E-state index >= 15 is 0 Å². The third-order valence-electron chi connectivity index (χ3n) is 2.66. The van der Waals surface area contributed by atoms with E-state index in [2.05, 4.69) is 31.1 Å². The van der Waals surface area contributed by atoms with Gasteiger partial charge in [-0.05, 0) is 31.4 Å². The minimum absolute atomic E-state index is 0.449. The summed E-state index contributed by atoms with van der Waals surface area (Å²) >= 11 is 0. The number of anilines is 2. The number of hydrogen-bond donors (Lipinski definition) is 2. The van der Waals surface area contributed by atoms with E-state index in [-0.39, 0.29) is 0 Å². The lowest BCUT2D eigenvalue weighted by Gasteiger charge is -2.16. The smallest absolute Gasteiger partial charge is 0.146 e. The van der Waals surface area contributed by atoms with Crippen LogP contribution < -0.4 is 11.1 Å². The van der Waals surface area contributed by atoms with Crippen molar-refractivity contribution in [3.05, 3.63) is 18.3 Å². The van der Waals surface area contributed by atoms with E-state index in [4.69, 9.17) is 5.73 Å². The number of rotatable bonds is 6. The summed E-state index contributed by atoms with van der Waals surface area (Å²) in [6, 6.07) is 4.33. The van der Waals surface area contributed by atoms with Crippen LogP contribution in [0.15, 0.2) is 18.3 Å². The third-order valence-corrected chi connectivity index (χ3v) is 2.66. The molecular weight excluding hydrogens is 198 g/mol. The molecule has 3 N–H and O–H groups in total. The Bertz CT molecular complexity index is 310. The third kappa shape index (κ3) is 4.51. The fourth-order valence-electron chi connectivity index (χ4n) is 1.71. The molecule has 0 fully saturated rings. The molecule has 1 rings (SSSR count). The predicted octanol–water partition coefficient (Wildman–Crippen LogP) is 3.29. The molecule has 1 unspecified atom stereocenters. The van der Waals surface area contributed by atoms with Gasteiger partial charge in [-0.1, -0.05) is 26.7 Å². The van der Waals surface area contributed by atoms with Crippen LogP contribution in [-0.4, -0.2) is 11.0 Å². The molecule has 0 amide bonds. The molecule has 0 saturated carbocycles. The molecule has 0 saturated heterocycles. The van der Waals surface area contributed by atoms with Crippen LogP contribution in [-0.2, 0) is 0 Å². The molecule has 0 aliphatic heterocycles. The van der Waals surface area contributed by atoms with Crippen molar-refractivity contribution in [1.29, 1.82) is 0 Å². The largest absolute Gasteiger partial charge is 0.382 e. The number of nitrogens with zero attached hydrogens (tertiary/aromatic N) is 1. The number of nitrogens with two attached hydrogens (primary N) is 1. The van der Waals surface area contributed by atoms with E-state index in [1.54, 1.807) is 6.20 Å². The minimum Gasteiger partial charge on any atom is -0.382 e. The van der Waals surface area contributed by atoms with Gasteiger partial charge in [0.2, 0.25) is 0 Å². The number of aromatic nitrogens is 1. The first-order valence-electron chi connectivity index (χ1n) is 6.06. The highest BCUT2D eigenvalue weighted by Gasteiger charge is 2.05. The van der Waals surface area contributed by atoms with E-state index in [0.29, 0.717) is 11.9 Å². The van der Waals surface area contributed by atoms with Gasteiger partial charge in [0.15, 0.2) is 0 Å². The van der Waals surface area contributed by atoms with Gasteiger partial charge < -0.3 is 11.1 Å². The van der Waals surface area contributed by atoms with E-state index in [9.17, 15) is 0 Å². The summed E-state index contributed by atoms with van der Waals surface area (Å²) in [6.07, 6.45) is 5.43. The van der Waals surface area contributed by atoms with Crippen molar-refractivity contribution in [3.8, 4) is 0 Å². The Hall–Kier alpha value is -1.25. The lowest BCUT2D eigenvalue weighted by molar-refractivity contribution is 0.520. The van der Waals surface area contributed by atoms with E-state index in [0.717, 1.165) is 11.6 Å². The Labute approximate surface area is 98.5 Å². The second kappa shape index (κ2) is 6.36. The van der Waals surface area contributed by atoms with Crippen molar-refractivity contribution in [2.24, 2.45) is 5.92 Å². The molecule has 1 aromatic heterocycles. The molecule has 1 heterocycles. The molecule has 0 aliphatic carbocycles. The zero-order chi connectivity index (χ0) is 12.0. The van der Waals surface area contributed by atoms with Gasteiger partial charge in [0, 0.05) is 12.2 Å². The fourth-order valence-corrected chi connectivity index (χ4v) is 1.71. The van der Waals surface area contributed by atoms with Gasteiger partial charge in [-0.15, -0.1) is 0 Å². The SMILES string of the molecule is CC(C)CCCC(C)Nc1cccnc1N. The minimum atomic E-state index is 0.449. The Balaban J connectivity index is 2.34. The van der Waals surface area contributed by atoms with E-state index in [1.807, 2.05) is 12.1 Å². The van der Waals surface area contributed by atoms with Crippen molar-refractivity contribution in [2.45, 2.75) is 46.1 Å². The van der Waals surface area contributed by atoms with Crippen molar-refractivity contribution in [2.75, 3.05) is 11.1 Å². The van der Waals surface area contributed by atoms with Crippen molar-refractivity contribution >= 4 is 11.5 Å². The van der Waals surface area contributed by atoms with Gasteiger partial charge in [0.05, 0.1) is 5.69 Å². The highest BCUT2D eigenvalue weighted by atomic mass is 15.0. The summed E-state index contributed by atoms with van der Waals surface area (Å²) in [7, 11) is 0. The summed E-state index contributed by atoms with van der Waals surface area (Å²) in [4.78, 5) is 4.06. The summed E-state index contributed by atoms with van der Waals surface area (Å²) in [5.74, 6) is 1.37. The fraction of sp³-hybridized carbons (Fsp3) is 0.615. The van der Waals surface area contributed by atoms with Gasteiger partial charge in [0.25, 0.3) is 0 Å². The monoisotopic (exact) mass is 221 g/mol. The maximum Gasteiger partial charge on any atom is 0.146 e. The summed E-state index contributed by atoms with van der Waals surface area (Å²) < 4.78 is 0. The Morgan fingerprint density at radius 2 is 2.06 bits per heavy atom. The Morgan fingerprint density at radius 1 is 1.31 bits per heavy atom. The van der Waals surface area contributed by atoms with Crippen LogP contribution in [0, 0.1) is 5.92 Å². The Kier molecular flexibility index (Phi) is 5.09. The predicted molar refractivity (Wildman–Crippen MR) is 70.4 cm³/mol. The molecule has 0 aliphatic rings. The summed E-state index contributed by atoms with van der Waals surface area (Å²) in [5.41, 5.74) is 6.72. The van der Waals surface area contributed by atoms with Crippen LogP contribution in [0.3, 0.4) is 0 Å². The number of hydrogen-bond acceptors (Lipinski definition) is 3. The van der Waals surface area contributed by atoms with Crippen LogP contribution >= 0.6 is 0 Å². The first kappa shape index (κ1) is 12.8. The molecule has 3 heteroatoms. The molecule has 0 aromatic carbocycles. The van der Waals surface area contributed by atoms with Gasteiger partial charge in [-0.2, -0.15) is 0 Å². The standard InChI is InChI=1S/C13H23N3/c1-10(2)6-4-7-11(3)16-12-8-5-9-15-13(12)14/h5,8-11,16H,4,6-7H2,1-3H3,(H2,14,15). The topological polar surface area (TPSA) is 50.9 Å². The molecule has 0 spiro atoms. The normalized spacial score (nSPS) is 12.8. The zero-order valence-electron chi connectivity index (χ0n) is 10.5. The first-order chi connectivity index (χ1) is 7.59. The Morgan fingerprint density at radius 3 is 2.69 bits per heavy atom. The van der Waals surface area contributed by atoms with Gasteiger partial charge in [-0.25, -0.2) is 4.98 Å². The molecule has 1 atom stereocenters. The number of nitrogen functional groups attached to an aromatic ring is 1. The summed E-state index contributed by atoms with van der Waals surface area (Å²) in [5, 5.41) is 3.40. The highest BCUT2D eigenvalue weighted by Crippen LogP contribution is 2.17. The van der Waals surface area contributed by atoms with Gasteiger partial charge in [0.1, 0.15) is 5.82 Å². The van der Waals surface area contributed by atoms with Crippen LogP contribution in [0.5, 0.6) is 0 Å². The van der Waals surface area contributed by atoms with Crippen LogP contribution in [0.25, 0.3) is 0 Å². The number of pyridine rings is 1. The number of nitrogens with one attached hydrogen (secondary N) is 1. The average Bonchev–Trinajstić information content (AvgIpc) is 2.21. The second-order valence-corrected chi connectivity index (χ2v) is 4.81. The zero-order valence-corrected chi connectivity index (χ0v) is 10.5. The molecule has 1 aromatic rings. The van der Waals surface area contributed by atoms with E-state index in [1.165, 1.54) is 19.3 Å². The van der Waals surface area contributed by atoms with Crippen LogP contribution in [0.2, 0.25) is 0 Å². The maximum absolute atomic E-state index is 5.77. The summed E-state index contributed by atoms with van der Waals surface area (Å²) in [6.45, 7) is 6.71. The lowest BCUT2D eigenvalue weighted by Crippen LogP contribution is -2.16. The molecule has 3 nitrogen and oxygen atoms in total. The maximum atomic E-state index is 5.77. The van der Waals surface area contributed by atoms with Crippen molar-refractivity contribution < 1.29 is 0 Å². The average molecular weight is 221 g/mol. The van der Waals surface area contributed by atoms with E-state index < -0.39 is 0 Å². The van der Waals surface area contributed by atoms with Crippen LogP contribution in [0.4, 0.5) is 11.5 Å². The highest BCUT2D eigenvalue weighted by molar-refractivity contribution is 5.61. The molecule has 90 valence electrons. The second-order valence-electron chi connectivity index (χ2n) is 4.81. The first-order valence-corrected chi connectivity index (χ1v) is 6.06. The van der Waals surface area contributed by atoms with Crippen LogP contribution in [0.1, 0.15) is 40.0 Å². The molecule has 0 radical (unpaired) electrons. The quantitative estimate of drug-likeness (QED) is 0.775. The van der Waals surface area contributed by atoms with Gasteiger partial charge >= 0.3 is 0 Å². The molecule has 16 heavy (non-hydrogen) atoms. The molecule has 0 bridgehead atoms. The van der Waals surface area contributed by atoms with Crippen molar-refractivity contribution in [1.82, 2.24) is 4.98 Å². The lowest BCUT2D eigenvalue weighted by atomic mass is 10.0. The molecular formula is C13H23N3. The van der Waals surface area contributed by atoms with Gasteiger partial charge in [-0.3, -0.25) is 0 Å². The van der Waals surface area contributed by atoms with Crippen molar-refractivity contribution in [3.63, 3.8) is 0 Å².